The fourth-order valence-corrected chi connectivity index (χ4v) is 2.63. The van der Waals surface area contributed by atoms with Crippen molar-refractivity contribution in [3.8, 4) is 0 Å². The van der Waals surface area contributed by atoms with Gasteiger partial charge in [-0.3, -0.25) is 0 Å². The number of furan rings is 1. The lowest BCUT2D eigenvalue weighted by molar-refractivity contribution is 0.0291. The van der Waals surface area contributed by atoms with Crippen LogP contribution in [0.2, 0.25) is 0 Å². The van der Waals surface area contributed by atoms with Crippen LogP contribution in [-0.4, -0.2) is 19.3 Å². The van der Waals surface area contributed by atoms with E-state index >= 15 is 0 Å². The highest BCUT2D eigenvalue weighted by Crippen LogP contribution is 2.20. The van der Waals surface area contributed by atoms with Crippen molar-refractivity contribution in [2.45, 2.75) is 57.6 Å². The van der Waals surface area contributed by atoms with Crippen LogP contribution in [0.5, 0.6) is 0 Å². The van der Waals surface area contributed by atoms with Gasteiger partial charge in [-0.15, -0.1) is 0 Å². The molecule has 1 atom stereocenters. The monoisotopic (exact) mass is 251 g/mol. The average Bonchev–Trinajstić information content (AvgIpc) is 2.94. The van der Waals surface area contributed by atoms with E-state index < -0.39 is 0 Å². The van der Waals surface area contributed by atoms with Gasteiger partial charge in [-0.05, 0) is 31.4 Å². The fourth-order valence-electron chi connectivity index (χ4n) is 2.63. The normalized spacial score (nSPS) is 18.9. The fraction of sp³-hybridized carbons (Fsp3) is 0.733. The molecule has 3 nitrogen and oxygen atoms in total. The van der Waals surface area contributed by atoms with Crippen molar-refractivity contribution in [2.24, 2.45) is 0 Å². The maximum Gasteiger partial charge on any atom is 0.120 e. The Balaban J connectivity index is 1.61. The summed E-state index contributed by atoms with van der Waals surface area (Å²) in [6, 6.07) is 4.29. The Kier molecular flexibility index (Phi) is 5.75. The lowest BCUT2D eigenvalue weighted by atomic mass is 9.98. The first-order chi connectivity index (χ1) is 8.90. The van der Waals surface area contributed by atoms with Crippen LogP contribution in [0.3, 0.4) is 0 Å². The average molecular weight is 251 g/mol. The van der Waals surface area contributed by atoms with Gasteiger partial charge in [0.25, 0.3) is 0 Å². The van der Waals surface area contributed by atoms with Crippen molar-refractivity contribution in [3.05, 3.63) is 24.2 Å². The molecule has 1 fully saturated rings. The van der Waals surface area contributed by atoms with Crippen molar-refractivity contribution in [3.63, 3.8) is 0 Å². The van der Waals surface area contributed by atoms with Gasteiger partial charge in [-0.25, -0.2) is 0 Å². The molecule has 1 aliphatic carbocycles. The number of ether oxygens (including phenoxy) is 1. The zero-order chi connectivity index (χ0) is 12.6. The SMILES string of the molecule is CCC(NCCOC1CCCCC1)c1ccco1. The quantitative estimate of drug-likeness (QED) is 0.751. The Morgan fingerprint density at radius 1 is 1.39 bits per heavy atom. The molecule has 1 aromatic rings. The Hall–Kier alpha value is -0.800. The molecule has 0 aliphatic heterocycles. The van der Waals surface area contributed by atoms with E-state index in [2.05, 4.69) is 12.2 Å². The van der Waals surface area contributed by atoms with E-state index in [1.165, 1.54) is 32.1 Å². The number of hydrogen-bond acceptors (Lipinski definition) is 3. The molecule has 1 unspecified atom stereocenters. The second kappa shape index (κ2) is 7.59. The smallest absolute Gasteiger partial charge is 0.120 e. The minimum absolute atomic E-state index is 0.315. The predicted octanol–water partition coefficient (Wildman–Crippen LogP) is 3.67. The standard InChI is InChI=1S/C15H25NO2/c1-2-14(15-9-6-11-18-15)16-10-12-17-13-7-4-3-5-8-13/h6,9,11,13-14,16H,2-5,7-8,10,12H2,1H3. The van der Waals surface area contributed by atoms with Crippen molar-refractivity contribution < 1.29 is 9.15 Å². The molecule has 1 aromatic heterocycles. The first-order valence-corrected chi connectivity index (χ1v) is 7.28. The van der Waals surface area contributed by atoms with Crippen LogP contribution >= 0.6 is 0 Å². The van der Waals surface area contributed by atoms with E-state index in [0.29, 0.717) is 12.1 Å². The van der Waals surface area contributed by atoms with Gasteiger partial charge in [0, 0.05) is 6.54 Å². The topological polar surface area (TPSA) is 34.4 Å². The summed E-state index contributed by atoms with van der Waals surface area (Å²) in [5.74, 6) is 1.02. The minimum Gasteiger partial charge on any atom is -0.468 e. The lowest BCUT2D eigenvalue weighted by Gasteiger charge is -2.22. The van der Waals surface area contributed by atoms with Crippen LogP contribution in [0, 0.1) is 0 Å². The molecule has 0 spiro atoms. The molecule has 102 valence electrons. The van der Waals surface area contributed by atoms with Gasteiger partial charge in [0.2, 0.25) is 0 Å². The zero-order valence-electron chi connectivity index (χ0n) is 11.4. The summed E-state index contributed by atoms with van der Waals surface area (Å²) in [5, 5.41) is 3.49. The second-order valence-corrected chi connectivity index (χ2v) is 5.06. The molecule has 3 heteroatoms. The van der Waals surface area contributed by atoms with Gasteiger partial charge >= 0.3 is 0 Å². The number of rotatable bonds is 7. The van der Waals surface area contributed by atoms with E-state index in [-0.39, 0.29) is 0 Å². The summed E-state index contributed by atoms with van der Waals surface area (Å²) in [4.78, 5) is 0. The van der Waals surface area contributed by atoms with Gasteiger partial charge in [-0.2, -0.15) is 0 Å². The summed E-state index contributed by atoms with van der Waals surface area (Å²) < 4.78 is 11.3. The van der Waals surface area contributed by atoms with Crippen LogP contribution in [0.15, 0.2) is 22.8 Å². The van der Waals surface area contributed by atoms with Crippen LogP contribution in [0.4, 0.5) is 0 Å². The Bertz CT molecular complexity index is 304. The van der Waals surface area contributed by atoms with E-state index in [1.807, 2.05) is 12.1 Å². The molecule has 1 heterocycles. The molecule has 1 aliphatic rings. The maximum atomic E-state index is 5.90. The highest BCUT2D eigenvalue weighted by Gasteiger charge is 2.14. The van der Waals surface area contributed by atoms with Gasteiger partial charge in [0.15, 0.2) is 0 Å². The van der Waals surface area contributed by atoms with E-state index in [1.54, 1.807) is 6.26 Å². The molecule has 1 saturated carbocycles. The Morgan fingerprint density at radius 2 is 2.22 bits per heavy atom. The highest BCUT2D eigenvalue weighted by molar-refractivity contribution is 5.03. The number of hydrogen-bond donors (Lipinski definition) is 1. The van der Waals surface area contributed by atoms with Gasteiger partial charge in [0.05, 0.1) is 25.0 Å². The van der Waals surface area contributed by atoms with Crippen molar-refractivity contribution in [2.75, 3.05) is 13.2 Å². The van der Waals surface area contributed by atoms with Gasteiger partial charge < -0.3 is 14.5 Å². The van der Waals surface area contributed by atoms with E-state index in [9.17, 15) is 0 Å². The molecule has 0 radical (unpaired) electrons. The molecule has 0 aromatic carbocycles. The third-order valence-electron chi connectivity index (χ3n) is 3.69. The third-order valence-corrected chi connectivity index (χ3v) is 3.69. The summed E-state index contributed by atoms with van der Waals surface area (Å²) in [5.41, 5.74) is 0. The summed E-state index contributed by atoms with van der Waals surface area (Å²) in [7, 11) is 0. The minimum atomic E-state index is 0.315. The van der Waals surface area contributed by atoms with E-state index in [4.69, 9.17) is 9.15 Å². The molecular formula is C15H25NO2. The van der Waals surface area contributed by atoms with Crippen molar-refractivity contribution in [1.29, 1.82) is 0 Å². The van der Waals surface area contributed by atoms with Gasteiger partial charge in [-0.1, -0.05) is 26.2 Å². The molecule has 2 rings (SSSR count). The van der Waals surface area contributed by atoms with Crippen LogP contribution in [0.25, 0.3) is 0 Å². The Morgan fingerprint density at radius 3 is 2.89 bits per heavy atom. The van der Waals surface area contributed by atoms with Gasteiger partial charge in [0.1, 0.15) is 5.76 Å². The molecular weight excluding hydrogens is 226 g/mol. The summed E-state index contributed by atoms with van der Waals surface area (Å²) >= 11 is 0. The largest absolute Gasteiger partial charge is 0.468 e. The summed E-state index contributed by atoms with van der Waals surface area (Å²) in [6.45, 7) is 3.87. The Labute approximate surface area is 110 Å². The first-order valence-electron chi connectivity index (χ1n) is 7.28. The number of nitrogens with one attached hydrogen (secondary N) is 1. The molecule has 1 N–H and O–H groups in total. The molecule has 0 saturated heterocycles. The molecule has 18 heavy (non-hydrogen) atoms. The first kappa shape index (κ1) is 13.6. The van der Waals surface area contributed by atoms with E-state index in [0.717, 1.165) is 25.3 Å². The summed E-state index contributed by atoms with van der Waals surface area (Å²) in [6.07, 6.45) is 9.82. The maximum absolute atomic E-state index is 5.90. The van der Waals surface area contributed by atoms with Crippen molar-refractivity contribution >= 4 is 0 Å². The predicted molar refractivity (Wildman–Crippen MR) is 72.6 cm³/mol. The van der Waals surface area contributed by atoms with Crippen molar-refractivity contribution in [1.82, 2.24) is 5.32 Å². The lowest BCUT2D eigenvalue weighted by Crippen LogP contribution is -2.27. The van der Waals surface area contributed by atoms with Crippen LogP contribution in [-0.2, 0) is 4.74 Å². The third kappa shape index (κ3) is 4.14. The second-order valence-electron chi connectivity index (χ2n) is 5.06. The zero-order valence-corrected chi connectivity index (χ0v) is 11.4. The van der Waals surface area contributed by atoms with Crippen LogP contribution in [0.1, 0.15) is 57.3 Å². The highest BCUT2D eigenvalue weighted by atomic mass is 16.5. The van der Waals surface area contributed by atoms with Crippen LogP contribution < -0.4 is 5.32 Å². The molecule has 0 amide bonds. The molecule has 0 bridgehead atoms.